The predicted octanol–water partition coefficient (Wildman–Crippen LogP) is 2.94. The second-order valence-corrected chi connectivity index (χ2v) is 8.51. The molecule has 7 nitrogen and oxygen atoms in total. The highest BCUT2D eigenvalue weighted by Gasteiger charge is 2.34. The van der Waals surface area contributed by atoms with Crippen LogP contribution in [0, 0.1) is 22.9 Å². The van der Waals surface area contributed by atoms with Gasteiger partial charge in [0.25, 0.3) is 5.69 Å². The van der Waals surface area contributed by atoms with Crippen LogP contribution in [-0.4, -0.2) is 43.3 Å². The van der Waals surface area contributed by atoms with Crippen LogP contribution >= 0.6 is 0 Å². The molecule has 0 N–H and O–H groups in total. The molecule has 9 heteroatoms. The molecule has 1 fully saturated rings. The van der Waals surface area contributed by atoms with Gasteiger partial charge >= 0.3 is 0 Å². The van der Waals surface area contributed by atoms with Crippen LogP contribution in [0.5, 0.6) is 0 Å². The summed E-state index contributed by atoms with van der Waals surface area (Å²) in [6.45, 7) is 4.44. The number of aryl methyl sites for hydroxylation is 1. The first-order valence-corrected chi connectivity index (χ1v) is 9.91. The van der Waals surface area contributed by atoms with Gasteiger partial charge in [0.2, 0.25) is 10.0 Å². The Morgan fingerprint density at radius 3 is 2.37 bits per heavy atom. The maximum atomic E-state index is 14.3. The van der Waals surface area contributed by atoms with E-state index in [1.54, 1.807) is 36.1 Å². The van der Waals surface area contributed by atoms with Crippen LogP contribution in [0.1, 0.15) is 12.5 Å². The number of halogens is 1. The van der Waals surface area contributed by atoms with Crippen LogP contribution in [0.2, 0.25) is 0 Å². The Bertz CT molecular complexity index is 963. The van der Waals surface area contributed by atoms with Crippen molar-refractivity contribution in [3.63, 3.8) is 0 Å². The standard InChI is InChI=1S/C18H20FN3O4S/c1-13-3-6-16(7-4-13)27(25,26)21-10-9-20(12-14(21)2)18-8-5-15(22(23)24)11-17(18)19/h3-8,11,14H,9-10,12H2,1-2H3/t14-/m1/s1. The summed E-state index contributed by atoms with van der Waals surface area (Å²) >= 11 is 0. The summed E-state index contributed by atoms with van der Waals surface area (Å²) in [4.78, 5) is 12.0. The summed E-state index contributed by atoms with van der Waals surface area (Å²) < 4.78 is 41.5. The summed E-state index contributed by atoms with van der Waals surface area (Å²) in [6.07, 6.45) is 0. The number of sulfonamides is 1. The van der Waals surface area contributed by atoms with Crippen molar-refractivity contribution in [3.05, 3.63) is 64.0 Å². The van der Waals surface area contributed by atoms with E-state index in [0.29, 0.717) is 13.1 Å². The number of nitrogens with zero attached hydrogens (tertiary/aromatic N) is 3. The van der Waals surface area contributed by atoms with E-state index in [-0.39, 0.29) is 28.9 Å². The topological polar surface area (TPSA) is 83.8 Å². The summed E-state index contributed by atoms with van der Waals surface area (Å²) in [5.41, 5.74) is 0.894. The highest BCUT2D eigenvalue weighted by molar-refractivity contribution is 7.89. The fourth-order valence-corrected chi connectivity index (χ4v) is 4.84. The third-order valence-electron chi connectivity index (χ3n) is 4.68. The van der Waals surface area contributed by atoms with Gasteiger partial charge in [0, 0.05) is 31.7 Å². The van der Waals surface area contributed by atoms with Gasteiger partial charge in [-0.25, -0.2) is 12.8 Å². The molecule has 0 spiro atoms. The van der Waals surface area contributed by atoms with Crippen molar-refractivity contribution in [1.82, 2.24) is 4.31 Å². The van der Waals surface area contributed by atoms with Gasteiger partial charge in [-0.15, -0.1) is 0 Å². The molecule has 1 aliphatic heterocycles. The van der Waals surface area contributed by atoms with Gasteiger partial charge in [0.15, 0.2) is 5.82 Å². The molecule has 0 unspecified atom stereocenters. The van der Waals surface area contributed by atoms with E-state index >= 15 is 0 Å². The number of benzene rings is 2. The smallest absolute Gasteiger partial charge is 0.272 e. The third kappa shape index (κ3) is 3.79. The maximum Gasteiger partial charge on any atom is 0.272 e. The van der Waals surface area contributed by atoms with Crippen LogP contribution < -0.4 is 4.90 Å². The molecule has 144 valence electrons. The number of non-ortho nitro benzene ring substituents is 1. The van der Waals surface area contributed by atoms with Crippen LogP contribution in [0.3, 0.4) is 0 Å². The van der Waals surface area contributed by atoms with E-state index < -0.39 is 20.8 Å². The molecule has 0 aliphatic carbocycles. The number of piperazine rings is 1. The van der Waals surface area contributed by atoms with Gasteiger partial charge in [-0.2, -0.15) is 4.31 Å². The van der Waals surface area contributed by atoms with E-state index in [2.05, 4.69) is 0 Å². The minimum absolute atomic E-state index is 0.202. The second kappa shape index (κ2) is 7.24. The quantitative estimate of drug-likeness (QED) is 0.589. The molecule has 27 heavy (non-hydrogen) atoms. The molecule has 0 saturated carbocycles. The fourth-order valence-electron chi connectivity index (χ4n) is 3.23. The van der Waals surface area contributed by atoms with Crippen molar-refractivity contribution in [1.29, 1.82) is 0 Å². The summed E-state index contributed by atoms with van der Waals surface area (Å²) in [7, 11) is -3.64. The van der Waals surface area contributed by atoms with Gasteiger partial charge in [0.1, 0.15) is 0 Å². The monoisotopic (exact) mass is 393 g/mol. The van der Waals surface area contributed by atoms with Crippen molar-refractivity contribution >= 4 is 21.4 Å². The van der Waals surface area contributed by atoms with Crippen LogP contribution in [0.25, 0.3) is 0 Å². The molecule has 3 rings (SSSR count). The normalized spacial score (nSPS) is 18.5. The molecule has 2 aromatic carbocycles. The zero-order chi connectivity index (χ0) is 19.8. The lowest BCUT2D eigenvalue weighted by molar-refractivity contribution is -0.385. The van der Waals surface area contributed by atoms with Crippen LogP contribution in [0.4, 0.5) is 15.8 Å². The summed E-state index contributed by atoms with van der Waals surface area (Å²) in [6, 6.07) is 9.79. The third-order valence-corrected chi connectivity index (χ3v) is 6.70. The zero-order valence-electron chi connectivity index (χ0n) is 15.0. The van der Waals surface area contributed by atoms with Crippen molar-refractivity contribution in [3.8, 4) is 0 Å². The molecule has 1 heterocycles. The first-order chi connectivity index (χ1) is 12.7. The van der Waals surface area contributed by atoms with Crippen molar-refractivity contribution in [2.45, 2.75) is 24.8 Å². The lowest BCUT2D eigenvalue weighted by Crippen LogP contribution is -2.54. The second-order valence-electron chi connectivity index (χ2n) is 6.62. The van der Waals surface area contributed by atoms with E-state index in [1.807, 2.05) is 6.92 Å². The molecular weight excluding hydrogens is 373 g/mol. The molecule has 0 amide bonds. The molecule has 1 saturated heterocycles. The highest BCUT2D eigenvalue weighted by Crippen LogP contribution is 2.28. The number of nitro benzene ring substituents is 1. The van der Waals surface area contributed by atoms with Crippen molar-refractivity contribution in [2.24, 2.45) is 0 Å². The van der Waals surface area contributed by atoms with Crippen molar-refractivity contribution < 1.29 is 17.7 Å². The van der Waals surface area contributed by atoms with Gasteiger partial charge in [-0.05, 0) is 32.0 Å². The molecule has 0 aromatic heterocycles. The number of nitro groups is 1. The molecule has 1 atom stereocenters. The van der Waals surface area contributed by atoms with Gasteiger partial charge in [-0.3, -0.25) is 10.1 Å². The van der Waals surface area contributed by atoms with Gasteiger partial charge in [0.05, 0.1) is 21.6 Å². The van der Waals surface area contributed by atoms with Crippen LogP contribution in [0.15, 0.2) is 47.4 Å². The first kappa shape index (κ1) is 19.2. The van der Waals surface area contributed by atoms with Gasteiger partial charge in [-0.1, -0.05) is 17.7 Å². The summed E-state index contributed by atoms with van der Waals surface area (Å²) in [5, 5.41) is 10.8. The predicted molar refractivity (Wildman–Crippen MR) is 99.8 cm³/mol. The number of hydrogen-bond acceptors (Lipinski definition) is 5. The Kier molecular flexibility index (Phi) is 5.16. The molecule has 0 radical (unpaired) electrons. The lowest BCUT2D eigenvalue weighted by atomic mass is 10.2. The minimum atomic E-state index is -3.64. The van der Waals surface area contributed by atoms with Crippen molar-refractivity contribution in [2.75, 3.05) is 24.5 Å². The molecule has 1 aliphatic rings. The minimum Gasteiger partial charge on any atom is -0.366 e. The highest BCUT2D eigenvalue weighted by atomic mass is 32.2. The van der Waals surface area contributed by atoms with Gasteiger partial charge < -0.3 is 4.90 Å². The number of rotatable bonds is 4. The van der Waals surface area contributed by atoms with Crippen LogP contribution in [-0.2, 0) is 10.0 Å². The Morgan fingerprint density at radius 2 is 1.81 bits per heavy atom. The maximum absolute atomic E-state index is 14.3. The van der Waals surface area contributed by atoms with E-state index in [0.717, 1.165) is 11.6 Å². The van der Waals surface area contributed by atoms with E-state index in [9.17, 15) is 22.9 Å². The Labute approximate surface area is 157 Å². The Morgan fingerprint density at radius 1 is 1.15 bits per heavy atom. The van der Waals surface area contributed by atoms with E-state index in [4.69, 9.17) is 0 Å². The zero-order valence-corrected chi connectivity index (χ0v) is 15.8. The molecular formula is C18H20FN3O4S. The Balaban J connectivity index is 1.80. The Hall–Kier alpha value is -2.52. The largest absolute Gasteiger partial charge is 0.366 e. The lowest BCUT2D eigenvalue weighted by Gasteiger charge is -2.40. The average Bonchev–Trinajstić information content (AvgIpc) is 2.61. The molecule has 0 bridgehead atoms. The fraction of sp³-hybridized carbons (Fsp3) is 0.333. The SMILES string of the molecule is Cc1ccc(S(=O)(=O)N2CCN(c3ccc([N+](=O)[O-])cc3F)C[C@H]2C)cc1. The molecule has 2 aromatic rings. The number of hydrogen-bond donors (Lipinski definition) is 0. The number of anilines is 1. The first-order valence-electron chi connectivity index (χ1n) is 8.47. The summed E-state index contributed by atoms with van der Waals surface area (Å²) in [5.74, 6) is -0.689. The average molecular weight is 393 g/mol. The van der Waals surface area contributed by atoms with E-state index in [1.165, 1.54) is 16.4 Å².